The van der Waals surface area contributed by atoms with Crippen LogP contribution < -0.4 is 5.32 Å². The highest BCUT2D eigenvalue weighted by Crippen LogP contribution is 2.38. The fourth-order valence-electron chi connectivity index (χ4n) is 6.05. The summed E-state index contributed by atoms with van der Waals surface area (Å²) in [5.41, 5.74) is 3.41. The molecule has 1 aliphatic carbocycles. The van der Waals surface area contributed by atoms with Crippen LogP contribution in [0.4, 0.5) is 0 Å². The van der Waals surface area contributed by atoms with Gasteiger partial charge in [-0.05, 0) is 88.0 Å². The van der Waals surface area contributed by atoms with Gasteiger partial charge in [-0.1, -0.05) is 75.1 Å². The number of ether oxygens (including phenoxy) is 1. The summed E-state index contributed by atoms with van der Waals surface area (Å²) < 4.78 is 5.80. The van der Waals surface area contributed by atoms with Gasteiger partial charge in [-0.25, -0.2) is 4.79 Å². The fourth-order valence-corrected chi connectivity index (χ4v) is 6.05. The smallest absolute Gasteiger partial charge is 0.339 e. The van der Waals surface area contributed by atoms with Crippen LogP contribution in [0.1, 0.15) is 108 Å². The molecule has 1 heterocycles. The van der Waals surface area contributed by atoms with Gasteiger partial charge in [-0.15, -0.1) is 0 Å². The van der Waals surface area contributed by atoms with Gasteiger partial charge >= 0.3 is 5.97 Å². The van der Waals surface area contributed by atoms with E-state index >= 15 is 0 Å². The Balaban J connectivity index is 1.50. The predicted octanol–water partition coefficient (Wildman–Crippen LogP) is 8.14. The molecule has 2 aromatic carbocycles. The molecule has 37 heavy (non-hydrogen) atoms. The third-order valence-corrected chi connectivity index (χ3v) is 7.97. The maximum atomic E-state index is 13.2. The van der Waals surface area contributed by atoms with E-state index in [0.29, 0.717) is 11.5 Å². The molecule has 0 spiro atoms. The number of hydrogen-bond donors (Lipinski definition) is 1. The molecule has 4 rings (SSSR count). The van der Waals surface area contributed by atoms with Crippen molar-refractivity contribution in [2.75, 3.05) is 6.54 Å². The van der Waals surface area contributed by atoms with Gasteiger partial charge in [0.2, 0.25) is 0 Å². The summed E-state index contributed by atoms with van der Waals surface area (Å²) in [7, 11) is 0. The average Bonchev–Trinajstić information content (AvgIpc) is 3.32. The predicted molar refractivity (Wildman–Crippen MR) is 154 cm³/mol. The number of carbonyl (C=O) groups excluding carboxylic acids is 1. The van der Waals surface area contributed by atoms with E-state index in [9.17, 15) is 4.79 Å². The van der Waals surface area contributed by atoms with Crippen molar-refractivity contribution in [1.29, 1.82) is 0 Å². The van der Waals surface area contributed by atoms with E-state index in [2.05, 4.69) is 42.6 Å². The summed E-state index contributed by atoms with van der Waals surface area (Å²) in [6, 6.07) is 16.5. The number of carbonyl (C=O) groups is 1. The number of aryl methyl sites for hydroxylation is 1. The lowest BCUT2D eigenvalue weighted by Crippen LogP contribution is -2.52. The van der Waals surface area contributed by atoms with E-state index in [1.165, 1.54) is 56.3 Å². The van der Waals surface area contributed by atoms with Crippen molar-refractivity contribution in [2.24, 2.45) is 10.9 Å². The average molecular weight is 503 g/mol. The van der Waals surface area contributed by atoms with Crippen LogP contribution in [0, 0.1) is 5.92 Å². The maximum Gasteiger partial charge on any atom is 0.339 e. The molecule has 1 fully saturated rings. The molecule has 1 unspecified atom stereocenters. The van der Waals surface area contributed by atoms with E-state index < -0.39 is 5.60 Å². The topological polar surface area (TPSA) is 50.7 Å². The highest BCUT2D eigenvalue weighted by atomic mass is 16.6. The van der Waals surface area contributed by atoms with E-state index in [0.717, 1.165) is 43.4 Å². The van der Waals surface area contributed by atoms with Gasteiger partial charge in [-0.3, -0.25) is 4.99 Å². The number of nitrogens with zero attached hydrogens (tertiary/aromatic N) is 1. The van der Waals surface area contributed by atoms with Gasteiger partial charge in [0, 0.05) is 6.42 Å². The van der Waals surface area contributed by atoms with Crippen LogP contribution in [0.25, 0.3) is 11.1 Å². The summed E-state index contributed by atoms with van der Waals surface area (Å²) >= 11 is 0. The molecule has 0 bridgehead atoms. The fraction of sp³-hybridized carbons (Fsp3) is 0.576. The van der Waals surface area contributed by atoms with Crippen LogP contribution >= 0.6 is 0 Å². The molecule has 0 aromatic heterocycles. The number of nitrogens with one attached hydrogen (secondary N) is 1. The zero-order valence-corrected chi connectivity index (χ0v) is 23.4. The van der Waals surface area contributed by atoms with E-state index in [1.54, 1.807) is 0 Å². The molecule has 0 amide bonds. The van der Waals surface area contributed by atoms with Crippen molar-refractivity contribution in [2.45, 2.75) is 109 Å². The van der Waals surface area contributed by atoms with Crippen molar-refractivity contribution in [3.8, 4) is 11.1 Å². The lowest BCUT2D eigenvalue weighted by Gasteiger charge is -2.40. The first-order valence-electron chi connectivity index (χ1n) is 14.5. The molecule has 1 atom stereocenters. The van der Waals surface area contributed by atoms with Crippen LogP contribution in [0.3, 0.4) is 0 Å². The Morgan fingerprint density at radius 2 is 1.78 bits per heavy atom. The summed E-state index contributed by atoms with van der Waals surface area (Å²) in [4.78, 5) is 18.2. The summed E-state index contributed by atoms with van der Waals surface area (Å²) in [5.74, 6) is 1.69. The standard InChI is InChI=1S/C33H46N2O2/c1-5-6-19-30-34-24-33(35-30,27-17-11-8-12-18-27)22-13-14-25-20-21-28(26-15-9-7-10-16-26)29(23-25)31(36)37-32(2,3)4/h7,9-10,15-16,20-21,23,27H,5-6,8,11-14,17-19,22,24H2,1-4H3,(H,34,35). The number of esters is 1. The lowest BCUT2D eigenvalue weighted by atomic mass is 9.72. The number of hydrogen-bond acceptors (Lipinski definition) is 4. The minimum Gasteiger partial charge on any atom is -0.456 e. The van der Waals surface area contributed by atoms with Crippen molar-refractivity contribution in [1.82, 2.24) is 5.32 Å². The SMILES string of the molecule is CCCCC1=NCC(CCCc2ccc(-c3ccccc3)c(C(=O)OC(C)(C)C)c2)(C2CCCCC2)N1. The Bertz CT molecular complexity index is 1060. The Morgan fingerprint density at radius 1 is 1.03 bits per heavy atom. The highest BCUT2D eigenvalue weighted by Gasteiger charge is 2.42. The summed E-state index contributed by atoms with van der Waals surface area (Å²) in [6.45, 7) is 8.94. The quantitative estimate of drug-likeness (QED) is 0.334. The van der Waals surface area contributed by atoms with Gasteiger partial charge in [0.1, 0.15) is 5.60 Å². The zero-order valence-electron chi connectivity index (χ0n) is 23.4. The lowest BCUT2D eigenvalue weighted by molar-refractivity contribution is 0.00703. The minimum atomic E-state index is -0.531. The minimum absolute atomic E-state index is 0.113. The van der Waals surface area contributed by atoms with E-state index in [1.807, 2.05) is 39.0 Å². The van der Waals surface area contributed by atoms with Crippen LogP contribution in [-0.4, -0.2) is 29.5 Å². The first kappa shape index (κ1) is 27.4. The van der Waals surface area contributed by atoms with Crippen LogP contribution in [-0.2, 0) is 11.2 Å². The second-order valence-corrected chi connectivity index (χ2v) is 12.1. The Labute approximate surface area is 224 Å². The summed E-state index contributed by atoms with van der Waals surface area (Å²) in [6.07, 6.45) is 13.3. The first-order chi connectivity index (χ1) is 17.8. The van der Waals surface area contributed by atoms with Gasteiger partial charge in [0.05, 0.1) is 23.5 Å². The second kappa shape index (κ2) is 12.3. The molecule has 1 saturated carbocycles. The van der Waals surface area contributed by atoms with E-state index in [-0.39, 0.29) is 11.5 Å². The van der Waals surface area contributed by atoms with Gasteiger partial charge < -0.3 is 10.1 Å². The van der Waals surface area contributed by atoms with Gasteiger partial charge in [0.15, 0.2) is 0 Å². The molecule has 1 N–H and O–H groups in total. The maximum absolute atomic E-state index is 13.2. The molecule has 4 heteroatoms. The van der Waals surface area contributed by atoms with Crippen molar-refractivity contribution in [3.63, 3.8) is 0 Å². The van der Waals surface area contributed by atoms with E-state index in [4.69, 9.17) is 9.73 Å². The van der Waals surface area contributed by atoms with Crippen LogP contribution in [0.15, 0.2) is 53.5 Å². The molecule has 1 aliphatic heterocycles. The molecule has 2 aromatic rings. The van der Waals surface area contributed by atoms with Gasteiger partial charge in [-0.2, -0.15) is 0 Å². The molecule has 0 radical (unpaired) electrons. The molecule has 200 valence electrons. The number of benzene rings is 2. The van der Waals surface area contributed by atoms with Crippen molar-refractivity contribution in [3.05, 3.63) is 59.7 Å². The third kappa shape index (κ3) is 7.24. The Hall–Kier alpha value is -2.62. The zero-order chi connectivity index (χ0) is 26.3. The third-order valence-electron chi connectivity index (χ3n) is 7.97. The van der Waals surface area contributed by atoms with Crippen molar-refractivity contribution >= 4 is 11.8 Å². The summed E-state index contributed by atoms with van der Waals surface area (Å²) in [5, 5.41) is 3.96. The molecular weight excluding hydrogens is 456 g/mol. The largest absolute Gasteiger partial charge is 0.456 e. The van der Waals surface area contributed by atoms with Crippen LogP contribution in [0.5, 0.6) is 0 Å². The second-order valence-electron chi connectivity index (χ2n) is 12.1. The number of aliphatic imine (C=N–C) groups is 1. The first-order valence-corrected chi connectivity index (χ1v) is 14.5. The normalized spacial score (nSPS) is 20.4. The molecule has 0 saturated heterocycles. The molecule has 4 nitrogen and oxygen atoms in total. The number of unbranched alkanes of at least 4 members (excludes halogenated alkanes) is 1. The Kier molecular flexibility index (Phi) is 9.10. The van der Waals surface area contributed by atoms with Crippen molar-refractivity contribution < 1.29 is 9.53 Å². The Morgan fingerprint density at radius 3 is 2.49 bits per heavy atom. The number of rotatable bonds is 10. The number of amidine groups is 1. The monoisotopic (exact) mass is 502 g/mol. The molecular formula is C33H46N2O2. The highest BCUT2D eigenvalue weighted by molar-refractivity contribution is 5.97. The van der Waals surface area contributed by atoms with Gasteiger partial charge in [0.25, 0.3) is 0 Å². The molecule has 2 aliphatic rings. The van der Waals surface area contributed by atoms with Crippen LogP contribution in [0.2, 0.25) is 0 Å².